The van der Waals surface area contributed by atoms with E-state index in [1.807, 2.05) is 6.20 Å². The van der Waals surface area contributed by atoms with Gasteiger partial charge in [-0.15, -0.1) is 0 Å². The minimum Gasteiger partial charge on any atom is -0.465 e. The van der Waals surface area contributed by atoms with Crippen LogP contribution in [0.1, 0.15) is 69.9 Å². The molecule has 2 aromatic heterocycles. The SMILES string of the molecule is O=C(OCC1(CO)CCCC1)[C@@H]1CCC2(c3ncnc4[nH]ccc34)CC2CC12CC2. The number of carbonyl (C=O) groups excluding carboxylic acids is 1. The number of fused-ring (bicyclic) bond motifs is 2. The van der Waals surface area contributed by atoms with E-state index in [0.717, 1.165) is 68.8 Å². The number of nitrogens with one attached hydrogen (secondary N) is 1. The van der Waals surface area contributed by atoms with Crippen LogP contribution in [0.5, 0.6) is 0 Å². The maximum absolute atomic E-state index is 13.2. The van der Waals surface area contributed by atoms with E-state index in [9.17, 15) is 9.90 Å². The Labute approximate surface area is 176 Å². The Balaban J connectivity index is 1.22. The zero-order valence-corrected chi connectivity index (χ0v) is 17.5. The smallest absolute Gasteiger partial charge is 0.309 e. The van der Waals surface area contributed by atoms with E-state index in [1.54, 1.807) is 6.33 Å². The summed E-state index contributed by atoms with van der Waals surface area (Å²) in [4.78, 5) is 25.5. The van der Waals surface area contributed by atoms with Crippen LogP contribution in [-0.4, -0.2) is 39.2 Å². The van der Waals surface area contributed by atoms with Gasteiger partial charge in [-0.1, -0.05) is 12.8 Å². The van der Waals surface area contributed by atoms with E-state index in [0.29, 0.717) is 12.5 Å². The highest BCUT2D eigenvalue weighted by Gasteiger charge is 2.66. The van der Waals surface area contributed by atoms with Crippen LogP contribution in [-0.2, 0) is 14.9 Å². The number of ether oxygens (including phenoxy) is 1. The first-order valence-corrected chi connectivity index (χ1v) is 11.7. The van der Waals surface area contributed by atoms with Gasteiger partial charge in [0.05, 0.1) is 24.8 Å². The number of H-pyrrole nitrogens is 1. The van der Waals surface area contributed by atoms with Gasteiger partial charge < -0.3 is 14.8 Å². The van der Waals surface area contributed by atoms with E-state index < -0.39 is 0 Å². The molecule has 4 aliphatic carbocycles. The van der Waals surface area contributed by atoms with Crippen molar-refractivity contribution in [2.45, 2.75) is 69.6 Å². The van der Waals surface area contributed by atoms with Crippen molar-refractivity contribution in [2.75, 3.05) is 13.2 Å². The first-order valence-electron chi connectivity index (χ1n) is 11.7. The molecule has 0 saturated heterocycles. The van der Waals surface area contributed by atoms with Gasteiger partial charge in [-0.3, -0.25) is 4.79 Å². The Morgan fingerprint density at radius 3 is 2.77 bits per heavy atom. The molecule has 1 spiro atoms. The van der Waals surface area contributed by atoms with Crippen LogP contribution in [0.3, 0.4) is 0 Å². The van der Waals surface area contributed by atoms with Gasteiger partial charge in [0.1, 0.15) is 12.0 Å². The average Bonchev–Trinajstić information content (AvgIpc) is 3.54. The molecular weight excluding hydrogens is 378 g/mol. The van der Waals surface area contributed by atoms with Crippen LogP contribution in [0.25, 0.3) is 11.0 Å². The summed E-state index contributed by atoms with van der Waals surface area (Å²) in [5.41, 5.74) is 2.14. The van der Waals surface area contributed by atoms with Crippen molar-refractivity contribution in [1.82, 2.24) is 15.0 Å². The molecule has 0 radical (unpaired) electrons. The minimum absolute atomic E-state index is 0.00266. The molecular formula is C24H31N3O3. The number of hydrogen-bond acceptors (Lipinski definition) is 5. The lowest BCUT2D eigenvalue weighted by Crippen LogP contribution is -2.33. The quantitative estimate of drug-likeness (QED) is 0.732. The lowest BCUT2D eigenvalue weighted by Gasteiger charge is -2.29. The highest BCUT2D eigenvalue weighted by molar-refractivity contribution is 5.80. The third-order valence-electron chi connectivity index (χ3n) is 9.03. The van der Waals surface area contributed by atoms with E-state index >= 15 is 0 Å². The van der Waals surface area contributed by atoms with Crippen molar-refractivity contribution in [3.05, 3.63) is 24.3 Å². The van der Waals surface area contributed by atoms with E-state index in [2.05, 4.69) is 16.0 Å². The van der Waals surface area contributed by atoms with Gasteiger partial charge in [0.15, 0.2) is 0 Å². The number of hydrogen-bond donors (Lipinski definition) is 2. The summed E-state index contributed by atoms with van der Waals surface area (Å²) in [6.45, 7) is 0.515. The number of rotatable bonds is 5. The number of nitrogens with zero attached hydrogens (tertiary/aromatic N) is 2. The Morgan fingerprint density at radius 2 is 2.00 bits per heavy atom. The molecule has 2 aromatic rings. The molecule has 6 heteroatoms. The maximum Gasteiger partial charge on any atom is 0.309 e. The van der Waals surface area contributed by atoms with E-state index in [4.69, 9.17) is 9.72 Å². The number of esters is 1. The van der Waals surface area contributed by atoms with Crippen LogP contribution in [0.4, 0.5) is 0 Å². The molecule has 160 valence electrons. The number of carbonyl (C=O) groups is 1. The summed E-state index contributed by atoms with van der Waals surface area (Å²) < 4.78 is 5.91. The third kappa shape index (κ3) is 2.75. The fourth-order valence-corrected chi connectivity index (χ4v) is 6.85. The van der Waals surface area contributed by atoms with E-state index in [1.165, 1.54) is 12.1 Å². The molecule has 4 fully saturated rings. The summed E-state index contributed by atoms with van der Waals surface area (Å²) in [5.74, 6) is 0.602. The molecule has 2 N–H and O–H groups in total. The second-order valence-corrected chi connectivity index (χ2v) is 10.7. The molecule has 0 aromatic carbocycles. The Morgan fingerprint density at radius 1 is 1.17 bits per heavy atom. The first-order chi connectivity index (χ1) is 14.6. The summed E-state index contributed by atoms with van der Waals surface area (Å²) in [6.07, 6.45) is 14.3. The van der Waals surface area contributed by atoms with Crippen LogP contribution in [0, 0.1) is 22.7 Å². The van der Waals surface area contributed by atoms with Gasteiger partial charge in [0.25, 0.3) is 0 Å². The molecule has 4 saturated carbocycles. The Hall–Kier alpha value is -1.95. The molecule has 3 atom stereocenters. The average molecular weight is 410 g/mol. The first kappa shape index (κ1) is 18.8. The van der Waals surface area contributed by atoms with Crippen molar-refractivity contribution in [3.63, 3.8) is 0 Å². The van der Waals surface area contributed by atoms with Crippen LogP contribution in [0.15, 0.2) is 18.6 Å². The maximum atomic E-state index is 13.2. The second kappa shape index (κ2) is 6.52. The van der Waals surface area contributed by atoms with Gasteiger partial charge in [0, 0.05) is 22.4 Å². The second-order valence-electron chi connectivity index (χ2n) is 10.7. The molecule has 2 unspecified atom stereocenters. The number of aliphatic hydroxyl groups is 1. The topological polar surface area (TPSA) is 88.1 Å². The van der Waals surface area contributed by atoms with Crippen LogP contribution < -0.4 is 0 Å². The highest BCUT2D eigenvalue weighted by atomic mass is 16.5. The predicted octanol–water partition coefficient (Wildman–Crippen LogP) is 3.89. The van der Waals surface area contributed by atoms with Crippen molar-refractivity contribution >= 4 is 17.0 Å². The van der Waals surface area contributed by atoms with Gasteiger partial charge in [-0.2, -0.15) is 0 Å². The molecule has 0 aliphatic heterocycles. The monoisotopic (exact) mass is 409 g/mol. The Bertz CT molecular complexity index is 975. The normalized spacial score (nSPS) is 33.2. The van der Waals surface area contributed by atoms with Gasteiger partial charge >= 0.3 is 5.97 Å². The minimum atomic E-state index is -0.193. The summed E-state index contributed by atoms with van der Waals surface area (Å²) in [5, 5.41) is 11.0. The Kier molecular flexibility index (Phi) is 4.09. The van der Waals surface area contributed by atoms with Crippen LogP contribution in [0.2, 0.25) is 0 Å². The molecule has 0 bridgehead atoms. The molecule has 4 aliphatic rings. The summed E-state index contributed by atoms with van der Waals surface area (Å²) in [6, 6.07) is 2.09. The molecule has 6 nitrogen and oxygen atoms in total. The predicted molar refractivity (Wildman–Crippen MR) is 112 cm³/mol. The fourth-order valence-electron chi connectivity index (χ4n) is 6.85. The molecule has 2 heterocycles. The van der Waals surface area contributed by atoms with Gasteiger partial charge in [-0.25, -0.2) is 9.97 Å². The fraction of sp³-hybridized carbons (Fsp3) is 0.708. The lowest BCUT2D eigenvalue weighted by molar-refractivity contribution is -0.156. The standard InChI is InChI=1S/C24H31N3O3/c28-13-22(5-1-2-6-22)14-30-21(29)18-3-7-24(12-16(24)11-23(18)8-9-23)19-17-4-10-25-20(17)27-15-26-19/h4,10,15-16,18,28H,1-3,5-9,11-14H2,(H,25,26,27)/t16?,18-,24?/m0/s1. The number of aliphatic hydroxyl groups excluding tert-OH is 1. The van der Waals surface area contributed by atoms with Crippen molar-refractivity contribution in [1.29, 1.82) is 0 Å². The largest absolute Gasteiger partial charge is 0.465 e. The third-order valence-corrected chi connectivity index (χ3v) is 9.03. The van der Waals surface area contributed by atoms with E-state index in [-0.39, 0.29) is 34.7 Å². The molecule has 0 amide bonds. The molecule has 6 rings (SSSR count). The number of aromatic nitrogens is 3. The molecule has 30 heavy (non-hydrogen) atoms. The van der Waals surface area contributed by atoms with Crippen molar-refractivity contribution < 1.29 is 14.6 Å². The number of aromatic amines is 1. The highest BCUT2D eigenvalue weighted by Crippen LogP contribution is 2.71. The van der Waals surface area contributed by atoms with Gasteiger partial charge in [-0.05, 0) is 68.8 Å². The van der Waals surface area contributed by atoms with Gasteiger partial charge in [0.2, 0.25) is 0 Å². The van der Waals surface area contributed by atoms with Crippen molar-refractivity contribution in [2.24, 2.45) is 22.7 Å². The van der Waals surface area contributed by atoms with Crippen molar-refractivity contribution in [3.8, 4) is 0 Å². The lowest BCUT2D eigenvalue weighted by atomic mass is 9.82. The summed E-state index contributed by atoms with van der Waals surface area (Å²) >= 11 is 0. The van der Waals surface area contributed by atoms with Crippen LogP contribution >= 0.6 is 0 Å². The summed E-state index contributed by atoms with van der Waals surface area (Å²) in [7, 11) is 0. The zero-order valence-electron chi connectivity index (χ0n) is 17.5. The zero-order chi connectivity index (χ0) is 20.4.